The van der Waals surface area contributed by atoms with Crippen LogP contribution < -0.4 is 15.5 Å². The van der Waals surface area contributed by atoms with Crippen LogP contribution in [0.1, 0.15) is 18.4 Å². The normalized spacial score (nSPS) is 14.8. The maximum Gasteiger partial charge on any atom is 0.239 e. The van der Waals surface area contributed by atoms with E-state index in [1.807, 2.05) is 24.3 Å². The molecule has 0 aliphatic carbocycles. The van der Waals surface area contributed by atoms with Crippen molar-refractivity contribution >= 4 is 17.3 Å². The first-order valence-corrected chi connectivity index (χ1v) is 9.39. The summed E-state index contributed by atoms with van der Waals surface area (Å²) in [6.45, 7) is 2.32. The van der Waals surface area contributed by atoms with Gasteiger partial charge < -0.3 is 20.6 Å². The number of carbonyl (C=O) groups is 1. The molecule has 1 amide bonds. The van der Waals surface area contributed by atoms with E-state index in [-0.39, 0.29) is 24.4 Å². The van der Waals surface area contributed by atoms with Crippen LogP contribution in [0.5, 0.6) is 0 Å². The van der Waals surface area contributed by atoms with Crippen molar-refractivity contribution in [2.24, 2.45) is 0 Å². The van der Waals surface area contributed by atoms with Crippen LogP contribution in [-0.4, -0.2) is 43.3 Å². The van der Waals surface area contributed by atoms with Crippen LogP contribution in [0.2, 0.25) is 0 Å². The molecule has 0 saturated carbocycles. The summed E-state index contributed by atoms with van der Waals surface area (Å²) < 4.78 is 12.9. The molecular formula is C21H26FN3O2. The van der Waals surface area contributed by atoms with Crippen molar-refractivity contribution in [3.8, 4) is 0 Å². The lowest BCUT2D eigenvalue weighted by molar-refractivity contribution is -0.119. The molecular weight excluding hydrogens is 345 g/mol. The average Bonchev–Trinajstić information content (AvgIpc) is 2.69. The van der Waals surface area contributed by atoms with Crippen molar-refractivity contribution in [3.05, 3.63) is 59.9 Å². The number of hydrogen-bond acceptors (Lipinski definition) is 4. The summed E-state index contributed by atoms with van der Waals surface area (Å²) in [6, 6.07) is 14.2. The topological polar surface area (TPSA) is 64.6 Å². The van der Waals surface area contributed by atoms with Gasteiger partial charge in [0, 0.05) is 19.6 Å². The van der Waals surface area contributed by atoms with Crippen molar-refractivity contribution in [2.75, 3.05) is 36.4 Å². The van der Waals surface area contributed by atoms with Crippen LogP contribution in [0, 0.1) is 5.82 Å². The molecule has 0 bridgehead atoms. The molecule has 0 spiro atoms. The highest BCUT2D eigenvalue weighted by Crippen LogP contribution is 2.28. The molecule has 0 radical (unpaired) electrons. The minimum Gasteiger partial charge on any atom is -0.393 e. The smallest absolute Gasteiger partial charge is 0.239 e. The highest BCUT2D eigenvalue weighted by molar-refractivity contribution is 5.82. The van der Waals surface area contributed by atoms with Gasteiger partial charge in [0.25, 0.3) is 0 Å². The van der Waals surface area contributed by atoms with Crippen molar-refractivity contribution in [1.29, 1.82) is 0 Å². The summed E-state index contributed by atoms with van der Waals surface area (Å²) in [7, 11) is 0. The van der Waals surface area contributed by atoms with E-state index in [4.69, 9.17) is 0 Å². The van der Waals surface area contributed by atoms with E-state index in [2.05, 4.69) is 15.5 Å². The first kappa shape index (κ1) is 19.2. The number of para-hydroxylation sites is 2. The van der Waals surface area contributed by atoms with Gasteiger partial charge in [0.2, 0.25) is 5.91 Å². The second kappa shape index (κ2) is 9.37. The van der Waals surface area contributed by atoms with Gasteiger partial charge in [0.1, 0.15) is 5.82 Å². The minimum absolute atomic E-state index is 0.0824. The second-order valence-corrected chi connectivity index (χ2v) is 6.82. The van der Waals surface area contributed by atoms with Crippen molar-refractivity contribution in [2.45, 2.75) is 25.4 Å². The number of anilines is 2. The molecule has 27 heavy (non-hydrogen) atoms. The summed E-state index contributed by atoms with van der Waals surface area (Å²) in [4.78, 5) is 14.3. The van der Waals surface area contributed by atoms with Gasteiger partial charge in [-0.15, -0.1) is 0 Å². The molecule has 1 fully saturated rings. The number of benzene rings is 2. The van der Waals surface area contributed by atoms with Crippen molar-refractivity contribution in [1.82, 2.24) is 5.32 Å². The Hall–Kier alpha value is -2.60. The fraction of sp³-hybridized carbons (Fsp3) is 0.381. The zero-order valence-corrected chi connectivity index (χ0v) is 15.3. The van der Waals surface area contributed by atoms with Gasteiger partial charge in [-0.2, -0.15) is 0 Å². The van der Waals surface area contributed by atoms with Gasteiger partial charge >= 0.3 is 0 Å². The van der Waals surface area contributed by atoms with Crippen LogP contribution in [-0.2, 0) is 11.2 Å². The fourth-order valence-corrected chi connectivity index (χ4v) is 3.24. The first-order valence-electron chi connectivity index (χ1n) is 9.39. The Bertz CT molecular complexity index is 743. The minimum atomic E-state index is -0.256. The van der Waals surface area contributed by atoms with E-state index in [0.29, 0.717) is 13.0 Å². The zero-order valence-electron chi connectivity index (χ0n) is 15.3. The first-order chi connectivity index (χ1) is 13.1. The molecule has 0 atom stereocenters. The number of hydrogen-bond donors (Lipinski definition) is 3. The maximum absolute atomic E-state index is 12.9. The van der Waals surface area contributed by atoms with Crippen molar-refractivity contribution in [3.63, 3.8) is 0 Å². The summed E-state index contributed by atoms with van der Waals surface area (Å²) in [5.41, 5.74) is 2.97. The predicted octanol–water partition coefficient (Wildman–Crippen LogP) is 2.56. The quantitative estimate of drug-likeness (QED) is 0.700. The molecule has 1 aliphatic heterocycles. The van der Waals surface area contributed by atoms with E-state index in [0.717, 1.165) is 42.9 Å². The molecule has 6 heteroatoms. The standard InChI is InChI=1S/C21H26FN3O2/c22-17-7-5-16(6-8-17)9-12-23-21(27)15-24-19-3-1-2-4-20(19)25-13-10-18(26)11-14-25/h1-8,18,24,26H,9-15H2,(H,23,27). The lowest BCUT2D eigenvalue weighted by atomic mass is 10.1. The Labute approximate surface area is 159 Å². The summed E-state index contributed by atoms with van der Waals surface area (Å²) in [5.74, 6) is -0.338. The van der Waals surface area contributed by atoms with E-state index in [9.17, 15) is 14.3 Å². The number of aliphatic hydroxyl groups is 1. The predicted molar refractivity (Wildman–Crippen MR) is 105 cm³/mol. The number of carbonyl (C=O) groups excluding carboxylic acids is 1. The lowest BCUT2D eigenvalue weighted by Crippen LogP contribution is -2.36. The molecule has 0 aromatic heterocycles. The van der Waals surface area contributed by atoms with Crippen LogP contribution in [0.15, 0.2) is 48.5 Å². The molecule has 3 N–H and O–H groups in total. The molecule has 2 aromatic rings. The molecule has 3 rings (SSSR count). The van der Waals surface area contributed by atoms with E-state index in [1.54, 1.807) is 12.1 Å². The number of rotatable bonds is 7. The maximum atomic E-state index is 12.9. The Morgan fingerprint density at radius 2 is 1.81 bits per heavy atom. The second-order valence-electron chi connectivity index (χ2n) is 6.82. The Morgan fingerprint density at radius 1 is 1.11 bits per heavy atom. The van der Waals surface area contributed by atoms with Gasteiger partial charge in [-0.25, -0.2) is 4.39 Å². The number of nitrogens with one attached hydrogen (secondary N) is 2. The molecule has 1 aliphatic rings. The summed E-state index contributed by atoms with van der Waals surface area (Å²) in [5, 5.41) is 15.8. The number of aliphatic hydroxyl groups excluding tert-OH is 1. The fourth-order valence-electron chi connectivity index (χ4n) is 3.24. The third-order valence-electron chi connectivity index (χ3n) is 4.80. The van der Waals surface area contributed by atoms with Crippen molar-refractivity contribution < 1.29 is 14.3 Å². The number of nitrogens with zero attached hydrogens (tertiary/aromatic N) is 1. The van der Waals surface area contributed by atoms with E-state index >= 15 is 0 Å². The van der Waals surface area contributed by atoms with Crippen LogP contribution in [0.3, 0.4) is 0 Å². The Morgan fingerprint density at radius 3 is 2.56 bits per heavy atom. The average molecular weight is 371 g/mol. The Balaban J connectivity index is 1.46. The zero-order chi connectivity index (χ0) is 19.1. The number of halogens is 1. The third kappa shape index (κ3) is 5.69. The van der Waals surface area contributed by atoms with E-state index in [1.165, 1.54) is 12.1 Å². The van der Waals surface area contributed by atoms with Crippen LogP contribution in [0.4, 0.5) is 15.8 Å². The van der Waals surface area contributed by atoms with Gasteiger partial charge in [0.15, 0.2) is 0 Å². The summed E-state index contributed by atoms with van der Waals surface area (Å²) >= 11 is 0. The largest absolute Gasteiger partial charge is 0.393 e. The number of piperidine rings is 1. The van der Waals surface area contributed by atoms with Gasteiger partial charge in [0.05, 0.1) is 24.0 Å². The van der Waals surface area contributed by atoms with Gasteiger partial charge in [-0.05, 0) is 49.1 Å². The molecule has 5 nitrogen and oxygen atoms in total. The molecule has 2 aromatic carbocycles. The lowest BCUT2D eigenvalue weighted by Gasteiger charge is -2.32. The molecule has 1 saturated heterocycles. The van der Waals surface area contributed by atoms with Gasteiger partial charge in [-0.3, -0.25) is 4.79 Å². The monoisotopic (exact) mass is 371 g/mol. The van der Waals surface area contributed by atoms with E-state index < -0.39 is 0 Å². The van der Waals surface area contributed by atoms with Crippen LogP contribution in [0.25, 0.3) is 0 Å². The number of amides is 1. The van der Waals surface area contributed by atoms with Crippen LogP contribution >= 0.6 is 0 Å². The summed E-state index contributed by atoms with van der Waals surface area (Å²) in [6.07, 6.45) is 1.98. The third-order valence-corrected chi connectivity index (χ3v) is 4.80. The van der Waals surface area contributed by atoms with Gasteiger partial charge in [-0.1, -0.05) is 24.3 Å². The highest BCUT2D eigenvalue weighted by Gasteiger charge is 2.19. The molecule has 144 valence electrons. The highest BCUT2D eigenvalue weighted by atomic mass is 19.1. The Kier molecular flexibility index (Phi) is 6.65. The SMILES string of the molecule is O=C(CNc1ccccc1N1CCC(O)CC1)NCCc1ccc(F)cc1. The molecule has 0 unspecified atom stereocenters. The molecule has 1 heterocycles.